The number of anilines is 1. The summed E-state index contributed by atoms with van der Waals surface area (Å²) in [6.07, 6.45) is 1.32. The number of rotatable bonds is 9. The van der Waals surface area contributed by atoms with Crippen molar-refractivity contribution in [2.45, 2.75) is 50.2 Å². The fraction of sp³-hybridized carbons (Fsp3) is 0.379. The zero-order valence-electron chi connectivity index (χ0n) is 23.3. The second kappa shape index (κ2) is 12.9. The summed E-state index contributed by atoms with van der Waals surface area (Å²) in [4.78, 5) is 26.0. The first-order chi connectivity index (χ1) is 19.4. The van der Waals surface area contributed by atoms with Crippen LogP contribution in [-0.2, 0) is 24.3 Å². The Bertz CT molecular complexity index is 1490. The van der Waals surface area contributed by atoms with Gasteiger partial charge >= 0.3 is 11.9 Å². The molecule has 0 bridgehead atoms. The van der Waals surface area contributed by atoms with E-state index in [9.17, 15) is 18.0 Å². The van der Waals surface area contributed by atoms with E-state index in [1.54, 1.807) is 51.1 Å². The maximum atomic E-state index is 13.0. The summed E-state index contributed by atoms with van der Waals surface area (Å²) >= 11 is 4.75. The van der Waals surface area contributed by atoms with Gasteiger partial charge in [-0.3, -0.25) is 0 Å². The van der Waals surface area contributed by atoms with E-state index in [4.69, 9.17) is 14.2 Å². The number of nitrogens with zero attached hydrogens (tertiary/aromatic N) is 1. The molecule has 0 spiro atoms. The highest BCUT2D eigenvalue weighted by Crippen LogP contribution is 2.46. The maximum absolute atomic E-state index is 13.0. The molecule has 1 aliphatic heterocycles. The molecule has 1 aliphatic rings. The highest BCUT2D eigenvalue weighted by atomic mass is 79.9. The predicted octanol–water partition coefficient (Wildman–Crippen LogP) is 5.95. The lowest BCUT2D eigenvalue weighted by molar-refractivity contribution is -0.157. The van der Waals surface area contributed by atoms with E-state index in [1.807, 2.05) is 24.3 Å². The van der Waals surface area contributed by atoms with E-state index in [1.165, 1.54) is 22.8 Å². The Kier molecular flexibility index (Phi) is 9.78. The number of sulfonamides is 1. The lowest BCUT2D eigenvalue weighted by Crippen LogP contribution is -2.42. The number of nitrogens with one attached hydrogen (secondary N) is 1. The van der Waals surface area contributed by atoms with Crippen molar-refractivity contribution in [2.75, 3.05) is 32.1 Å². The predicted molar refractivity (Wildman–Crippen MR) is 162 cm³/mol. The zero-order valence-corrected chi connectivity index (χ0v) is 26.5. The van der Waals surface area contributed by atoms with Crippen LogP contribution in [0.2, 0.25) is 0 Å². The standard InChI is InChI=1S/C29H33BrN2O7S2/c1-29(2,3)39-23(33)18-38-25-24(30)26(40-27(25)28(34)37-4)19-9-8-10-21(17-19)31-20-13-15-32(16-14-20)41(35,36)22-11-6-5-7-12-22/h5-12,17,20,31H,13-16,18H2,1-4H3. The van der Waals surface area contributed by atoms with Crippen LogP contribution in [-0.4, -0.2) is 63.1 Å². The van der Waals surface area contributed by atoms with Crippen molar-refractivity contribution in [3.63, 3.8) is 0 Å². The molecule has 0 aliphatic carbocycles. The van der Waals surface area contributed by atoms with E-state index < -0.39 is 27.6 Å². The lowest BCUT2D eigenvalue weighted by atomic mass is 10.1. The normalized spacial score (nSPS) is 14.9. The first kappa shape index (κ1) is 31.0. The van der Waals surface area contributed by atoms with Gasteiger partial charge in [0.1, 0.15) is 5.60 Å². The molecule has 0 atom stereocenters. The van der Waals surface area contributed by atoms with Crippen LogP contribution in [0.3, 0.4) is 0 Å². The molecule has 1 aromatic heterocycles. The summed E-state index contributed by atoms with van der Waals surface area (Å²) in [7, 11) is -2.23. The van der Waals surface area contributed by atoms with E-state index in [0.29, 0.717) is 35.3 Å². The molecule has 9 nitrogen and oxygen atoms in total. The van der Waals surface area contributed by atoms with E-state index in [2.05, 4.69) is 21.2 Å². The van der Waals surface area contributed by atoms with E-state index in [-0.39, 0.29) is 23.3 Å². The molecule has 0 saturated carbocycles. The Morgan fingerprint density at radius 2 is 1.76 bits per heavy atom. The average molecular weight is 666 g/mol. The van der Waals surface area contributed by atoms with Gasteiger partial charge in [0.05, 0.1) is 21.4 Å². The molecule has 0 amide bonds. The molecule has 2 aromatic carbocycles. The number of piperidine rings is 1. The Hall–Kier alpha value is -2.93. The van der Waals surface area contributed by atoms with Crippen LogP contribution in [0.1, 0.15) is 43.3 Å². The third-order valence-electron chi connectivity index (χ3n) is 6.26. The zero-order chi connectivity index (χ0) is 29.8. The number of hydrogen-bond donors (Lipinski definition) is 1. The van der Waals surface area contributed by atoms with E-state index in [0.717, 1.165) is 16.1 Å². The minimum atomic E-state index is -3.51. The number of ether oxygens (including phenoxy) is 3. The van der Waals surface area contributed by atoms with Gasteiger partial charge in [-0.1, -0.05) is 30.3 Å². The van der Waals surface area contributed by atoms with Crippen LogP contribution in [0, 0.1) is 0 Å². The number of benzene rings is 2. The minimum Gasteiger partial charge on any atom is -0.479 e. The smallest absolute Gasteiger partial charge is 0.351 e. The molecular weight excluding hydrogens is 632 g/mol. The molecule has 41 heavy (non-hydrogen) atoms. The van der Waals surface area contributed by atoms with Gasteiger partial charge < -0.3 is 19.5 Å². The molecule has 1 fully saturated rings. The summed E-state index contributed by atoms with van der Waals surface area (Å²) in [5, 5.41) is 3.52. The highest BCUT2D eigenvalue weighted by molar-refractivity contribution is 9.10. The molecule has 12 heteroatoms. The minimum absolute atomic E-state index is 0.0950. The van der Waals surface area contributed by atoms with Crippen LogP contribution in [0.5, 0.6) is 5.75 Å². The summed E-state index contributed by atoms with van der Waals surface area (Å²) in [6, 6.07) is 16.3. The Labute approximate surface area is 253 Å². The number of carbonyl (C=O) groups is 2. The maximum Gasteiger partial charge on any atom is 0.351 e. The second-order valence-electron chi connectivity index (χ2n) is 10.5. The van der Waals surface area contributed by atoms with E-state index >= 15 is 0 Å². The van der Waals surface area contributed by atoms with Crippen LogP contribution in [0.15, 0.2) is 64.0 Å². The first-order valence-electron chi connectivity index (χ1n) is 13.1. The molecule has 1 saturated heterocycles. The number of methoxy groups -OCH3 is 1. The topological polar surface area (TPSA) is 111 Å². The number of halogens is 1. The van der Waals surface area contributed by atoms with Crippen LogP contribution in [0.4, 0.5) is 5.69 Å². The summed E-state index contributed by atoms with van der Waals surface area (Å²) in [5.41, 5.74) is 1.03. The number of thiophene rings is 1. The largest absolute Gasteiger partial charge is 0.479 e. The molecular formula is C29H33BrN2O7S2. The lowest BCUT2D eigenvalue weighted by Gasteiger charge is -2.32. The number of carbonyl (C=O) groups excluding carboxylic acids is 2. The van der Waals surface area contributed by atoms with Gasteiger partial charge in [0.25, 0.3) is 0 Å². The summed E-state index contributed by atoms with van der Waals surface area (Å²) in [5.74, 6) is -0.914. The van der Waals surface area contributed by atoms with Crippen LogP contribution in [0.25, 0.3) is 10.4 Å². The fourth-order valence-corrected chi connectivity index (χ4v) is 7.87. The highest BCUT2D eigenvalue weighted by Gasteiger charge is 2.30. The molecule has 3 aromatic rings. The quantitative estimate of drug-likeness (QED) is 0.280. The molecule has 220 valence electrons. The fourth-order valence-electron chi connectivity index (χ4n) is 4.41. The van der Waals surface area contributed by atoms with Gasteiger partial charge in [-0.05, 0) is 79.4 Å². The summed E-state index contributed by atoms with van der Waals surface area (Å²) in [6.45, 7) is 5.77. The van der Waals surface area contributed by atoms with Crippen LogP contribution < -0.4 is 10.1 Å². The molecule has 1 N–H and O–H groups in total. The van der Waals surface area contributed by atoms with Gasteiger partial charge in [-0.25, -0.2) is 18.0 Å². The van der Waals surface area contributed by atoms with Gasteiger partial charge in [-0.2, -0.15) is 4.31 Å². The average Bonchev–Trinajstić information content (AvgIpc) is 3.27. The van der Waals surface area contributed by atoms with Crippen molar-refractivity contribution in [3.8, 4) is 16.2 Å². The Morgan fingerprint density at radius 1 is 1.07 bits per heavy atom. The Morgan fingerprint density at radius 3 is 2.39 bits per heavy atom. The Balaban J connectivity index is 1.47. The van der Waals surface area contributed by atoms with Gasteiger partial charge in [0.15, 0.2) is 17.2 Å². The van der Waals surface area contributed by atoms with Crippen LogP contribution >= 0.6 is 27.3 Å². The van der Waals surface area contributed by atoms with Gasteiger partial charge in [0, 0.05) is 24.8 Å². The summed E-state index contributed by atoms with van der Waals surface area (Å²) < 4.78 is 44.0. The third-order valence-corrected chi connectivity index (χ3v) is 10.4. The van der Waals surface area contributed by atoms with Crippen molar-refractivity contribution in [2.24, 2.45) is 0 Å². The monoisotopic (exact) mass is 664 g/mol. The van der Waals surface area contributed by atoms with Crippen molar-refractivity contribution < 1.29 is 32.2 Å². The number of hydrogen-bond acceptors (Lipinski definition) is 9. The van der Waals surface area contributed by atoms with Crippen molar-refractivity contribution in [1.29, 1.82) is 0 Å². The SMILES string of the molecule is COC(=O)c1sc(-c2cccc(NC3CCN(S(=O)(=O)c4ccccc4)CC3)c2)c(Br)c1OCC(=O)OC(C)(C)C. The van der Waals surface area contributed by atoms with Gasteiger partial charge in [0.2, 0.25) is 10.0 Å². The number of esters is 2. The van der Waals surface area contributed by atoms with Gasteiger partial charge in [-0.15, -0.1) is 11.3 Å². The third kappa shape index (κ3) is 7.68. The van der Waals surface area contributed by atoms with Crippen molar-refractivity contribution in [1.82, 2.24) is 4.31 Å². The molecule has 2 heterocycles. The molecule has 4 rings (SSSR count). The first-order valence-corrected chi connectivity index (χ1v) is 16.1. The molecule has 0 radical (unpaired) electrons. The van der Waals surface area contributed by atoms with Crippen molar-refractivity contribution >= 4 is 54.9 Å². The van der Waals surface area contributed by atoms with Crippen molar-refractivity contribution in [3.05, 3.63) is 63.9 Å². The second-order valence-corrected chi connectivity index (χ2v) is 14.2. The molecule has 0 unspecified atom stereocenters.